The van der Waals surface area contributed by atoms with Crippen LogP contribution in [0, 0.1) is 0 Å². The number of rotatable bonds is 7. The fourth-order valence-corrected chi connectivity index (χ4v) is 8.88. The fourth-order valence-electron chi connectivity index (χ4n) is 8.88. The SMILES string of the molecule is c1ccc(-c2ccc(-c3nc(-c4ccccc4)nc(-n4c5ccc(-c6ccccc6)cc5c5cccc(-c6cc(-c7ccccc7)cc7c6oc6ccccc67)c54)n3)cc2)cc1. The Morgan fingerprint density at radius 1 is 0.323 bits per heavy atom. The molecule has 0 saturated heterocycles. The Morgan fingerprint density at radius 2 is 0.823 bits per heavy atom. The van der Waals surface area contributed by atoms with Crippen LogP contribution in [0.15, 0.2) is 223 Å². The van der Waals surface area contributed by atoms with Gasteiger partial charge in [-0.25, -0.2) is 4.98 Å². The van der Waals surface area contributed by atoms with Gasteiger partial charge in [0.15, 0.2) is 11.6 Å². The van der Waals surface area contributed by atoms with Gasteiger partial charge < -0.3 is 4.42 Å². The minimum Gasteiger partial charge on any atom is -0.455 e. The van der Waals surface area contributed by atoms with Crippen LogP contribution in [0.3, 0.4) is 0 Å². The number of furan rings is 1. The normalized spacial score (nSPS) is 11.5. The largest absolute Gasteiger partial charge is 0.455 e. The lowest BCUT2D eigenvalue weighted by atomic mass is 9.94. The molecule has 290 valence electrons. The molecule has 9 aromatic carbocycles. The molecule has 3 heterocycles. The molecule has 0 atom stereocenters. The van der Waals surface area contributed by atoms with Gasteiger partial charge in [-0.1, -0.05) is 188 Å². The van der Waals surface area contributed by atoms with Gasteiger partial charge in [-0.2, -0.15) is 9.97 Å². The average molecular weight is 793 g/mol. The molecule has 0 amide bonds. The van der Waals surface area contributed by atoms with Crippen molar-refractivity contribution < 1.29 is 4.42 Å². The third kappa shape index (κ3) is 6.06. The molecule has 12 aromatic rings. The first-order chi connectivity index (χ1) is 30.7. The first-order valence-electron chi connectivity index (χ1n) is 20.8. The molecule has 0 N–H and O–H groups in total. The number of nitrogens with zero attached hydrogens (tertiary/aromatic N) is 4. The molecule has 0 aliphatic heterocycles. The molecule has 0 spiro atoms. The smallest absolute Gasteiger partial charge is 0.238 e. The van der Waals surface area contributed by atoms with Gasteiger partial charge in [0, 0.05) is 43.8 Å². The predicted molar refractivity (Wildman–Crippen MR) is 254 cm³/mol. The maximum atomic E-state index is 6.82. The highest BCUT2D eigenvalue weighted by Gasteiger charge is 2.24. The lowest BCUT2D eigenvalue weighted by Gasteiger charge is -2.14. The van der Waals surface area contributed by atoms with E-state index in [2.05, 4.69) is 187 Å². The average Bonchev–Trinajstić information content (AvgIpc) is 3.90. The van der Waals surface area contributed by atoms with Crippen molar-refractivity contribution in [3.63, 3.8) is 0 Å². The number of para-hydroxylation sites is 2. The van der Waals surface area contributed by atoms with E-state index in [1.54, 1.807) is 0 Å². The summed E-state index contributed by atoms with van der Waals surface area (Å²) >= 11 is 0. The zero-order valence-electron chi connectivity index (χ0n) is 33.5. The second-order valence-corrected chi connectivity index (χ2v) is 15.6. The highest BCUT2D eigenvalue weighted by molar-refractivity contribution is 6.18. The zero-order chi connectivity index (χ0) is 41.0. The van der Waals surface area contributed by atoms with Crippen molar-refractivity contribution in [2.24, 2.45) is 0 Å². The van der Waals surface area contributed by atoms with Gasteiger partial charge in [-0.3, -0.25) is 4.57 Å². The van der Waals surface area contributed by atoms with Crippen LogP contribution in [-0.2, 0) is 0 Å². The molecule has 0 saturated carbocycles. The molecule has 5 nitrogen and oxygen atoms in total. The third-order valence-corrected chi connectivity index (χ3v) is 11.9. The van der Waals surface area contributed by atoms with E-state index in [0.717, 1.165) is 99.4 Å². The highest BCUT2D eigenvalue weighted by atomic mass is 16.3. The molecule has 0 bridgehead atoms. The second-order valence-electron chi connectivity index (χ2n) is 15.6. The Labute approximate surface area is 357 Å². The Kier molecular flexibility index (Phi) is 8.42. The van der Waals surface area contributed by atoms with Crippen molar-refractivity contribution in [1.29, 1.82) is 0 Å². The molecule has 5 heteroatoms. The molecule has 0 fully saturated rings. The molecule has 12 rings (SSSR count). The summed E-state index contributed by atoms with van der Waals surface area (Å²) in [5, 5.41) is 4.32. The lowest BCUT2D eigenvalue weighted by molar-refractivity contribution is 0.670. The Morgan fingerprint density at radius 3 is 1.50 bits per heavy atom. The number of benzene rings is 9. The number of fused-ring (bicyclic) bond motifs is 6. The molecular weight excluding hydrogens is 757 g/mol. The van der Waals surface area contributed by atoms with Crippen molar-refractivity contribution in [2.75, 3.05) is 0 Å². The van der Waals surface area contributed by atoms with E-state index < -0.39 is 0 Å². The van der Waals surface area contributed by atoms with Crippen LogP contribution in [0.1, 0.15) is 0 Å². The van der Waals surface area contributed by atoms with Gasteiger partial charge in [0.2, 0.25) is 5.95 Å². The minimum atomic E-state index is 0.529. The van der Waals surface area contributed by atoms with Crippen LogP contribution >= 0.6 is 0 Å². The minimum absolute atomic E-state index is 0.529. The summed E-state index contributed by atoms with van der Waals surface area (Å²) in [7, 11) is 0. The van der Waals surface area contributed by atoms with Crippen LogP contribution in [0.4, 0.5) is 0 Å². The van der Waals surface area contributed by atoms with Gasteiger partial charge in [0.25, 0.3) is 0 Å². The van der Waals surface area contributed by atoms with Crippen LogP contribution < -0.4 is 0 Å². The lowest BCUT2D eigenvalue weighted by Crippen LogP contribution is -2.07. The molecule has 3 aromatic heterocycles. The van der Waals surface area contributed by atoms with Gasteiger partial charge >= 0.3 is 0 Å². The number of hydrogen-bond donors (Lipinski definition) is 0. The summed E-state index contributed by atoms with van der Waals surface area (Å²) in [6.07, 6.45) is 0. The quantitative estimate of drug-likeness (QED) is 0.161. The van der Waals surface area contributed by atoms with Gasteiger partial charge in [-0.05, 0) is 63.7 Å². The Bertz CT molecular complexity index is 3600. The van der Waals surface area contributed by atoms with Crippen LogP contribution in [-0.4, -0.2) is 19.5 Å². The topological polar surface area (TPSA) is 56.7 Å². The summed E-state index contributed by atoms with van der Waals surface area (Å²) in [6.45, 7) is 0. The molecule has 0 aliphatic rings. The molecule has 0 radical (unpaired) electrons. The van der Waals surface area contributed by atoms with E-state index in [0.29, 0.717) is 17.6 Å². The van der Waals surface area contributed by atoms with Gasteiger partial charge in [0.05, 0.1) is 11.0 Å². The summed E-state index contributed by atoms with van der Waals surface area (Å²) in [5.41, 5.74) is 14.3. The van der Waals surface area contributed by atoms with Crippen LogP contribution in [0.5, 0.6) is 0 Å². The zero-order valence-corrected chi connectivity index (χ0v) is 33.5. The van der Waals surface area contributed by atoms with E-state index in [9.17, 15) is 0 Å². The third-order valence-electron chi connectivity index (χ3n) is 11.9. The summed E-state index contributed by atoms with van der Waals surface area (Å²) in [5.74, 6) is 1.71. The van der Waals surface area contributed by atoms with Crippen molar-refractivity contribution in [3.05, 3.63) is 218 Å². The monoisotopic (exact) mass is 792 g/mol. The molecule has 0 aliphatic carbocycles. The standard InChI is InChI=1S/C57H36N4O/c1-5-16-37(17-6-1)40-28-30-42(31-29-40)56-58-55(41-22-11-4-12-23-41)59-57(60-56)61-51-33-32-43(38-18-7-2-8-19-38)34-48(51)46-25-15-26-47(53(46)61)50-36-44(39-20-9-3-10-21-39)35-49-45-24-13-14-27-52(45)62-54(49)50/h1-36H. The molecule has 0 unspecified atom stereocenters. The number of aromatic nitrogens is 4. The first kappa shape index (κ1) is 35.5. The summed E-state index contributed by atoms with van der Waals surface area (Å²) < 4.78 is 9.05. The van der Waals surface area contributed by atoms with Crippen LogP contribution in [0.25, 0.3) is 117 Å². The second kappa shape index (κ2) is 14.7. The van der Waals surface area contributed by atoms with Crippen molar-refractivity contribution in [3.8, 4) is 73.2 Å². The number of hydrogen-bond acceptors (Lipinski definition) is 4. The highest BCUT2D eigenvalue weighted by Crippen LogP contribution is 2.45. The molecular formula is C57H36N4O. The van der Waals surface area contributed by atoms with E-state index >= 15 is 0 Å². The van der Waals surface area contributed by atoms with Crippen molar-refractivity contribution in [2.45, 2.75) is 0 Å². The Balaban J connectivity index is 1.17. The van der Waals surface area contributed by atoms with Gasteiger partial charge in [0.1, 0.15) is 11.2 Å². The summed E-state index contributed by atoms with van der Waals surface area (Å²) in [6, 6.07) is 76.3. The maximum absolute atomic E-state index is 6.82. The van der Waals surface area contributed by atoms with E-state index in [4.69, 9.17) is 19.4 Å². The Hall–Kier alpha value is -8.41. The fraction of sp³-hybridized carbons (Fsp3) is 0. The predicted octanol–water partition coefficient (Wildman–Crippen LogP) is 14.9. The molecule has 62 heavy (non-hydrogen) atoms. The first-order valence-corrected chi connectivity index (χ1v) is 20.8. The van der Waals surface area contributed by atoms with Crippen LogP contribution in [0.2, 0.25) is 0 Å². The van der Waals surface area contributed by atoms with E-state index in [-0.39, 0.29) is 0 Å². The van der Waals surface area contributed by atoms with Crippen molar-refractivity contribution >= 4 is 43.7 Å². The van der Waals surface area contributed by atoms with E-state index in [1.807, 2.05) is 36.4 Å². The van der Waals surface area contributed by atoms with E-state index in [1.165, 1.54) is 0 Å². The maximum Gasteiger partial charge on any atom is 0.238 e. The summed E-state index contributed by atoms with van der Waals surface area (Å²) in [4.78, 5) is 15.8. The van der Waals surface area contributed by atoms with Crippen molar-refractivity contribution in [1.82, 2.24) is 19.5 Å². The van der Waals surface area contributed by atoms with Gasteiger partial charge in [-0.15, -0.1) is 0 Å².